The number of carboxylic acids is 1. The van der Waals surface area contributed by atoms with Gasteiger partial charge in [-0.05, 0) is 27.7 Å². The van der Waals surface area contributed by atoms with Crippen molar-refractivity contribution in [1.82, 2.24) is 19.8 Å². The molecular formula is C17H26N4O8. The molecule has 0 aliphatic rings. The van der Waals surface area contributed by atoms with Gasteiger partial charge < -0.3 is 19.8 Å². The Hall–Kier alpha value is -2.99. The Balaban J connectivity index is 2.75. The van der Waals surface area contributed by atoms with E-state index in [4.69, 9.17) is 9.84 Å². The number of aliphatic carboxylic acids is 1. The fraction of sp³-hybridized carbons (Fsp3) is 0.588. The number of ether oxygens (including phenoxy) is 1. The molecule has 0 aliphatic heterocycles. The molecule has 0 aliphatic carbocycles. The molecule has 0 spiro atoms. The molecule has 12 heteroatoms. The minimum atomic E-state index is -1.65. The van der Waals surface area contributed by atoms with E-state index < -0.39 is 54.0 Å². The highest BCUT2D eigenvalue weighted by Crippen LogP contribution is 2.07. The lowest BCUT2D eigenvalue weighted by Crippen LogP contribution is -2.47. The molecule has 0 saturated carbocycles. The second-order valence-corrected chi connectivity index (χ2v) is 7.30. The topological polar surface area (TPSA) is 171 Å². The van der Waals surface area contributed by atoms with Crippen LogP contribution >= 0.6 is 0 Å². The Bertz CT molecular complexity index is 867. The monoisotopic (exact) mass is 414 g/mol. The van der Waals surface area contributed by atoms with E-state index in [0.717, 1.165) is 9.47 Å². The van der Waals surface area contributed by atoms with Gasteiger partial charge in [-0.15, -0.1) is 0 Å². The maximum atomic E-state index is 12.4. The molecule has 1 unspecified atom stereocenters. The van der Waals surface area contributed by atoms with Gasteiger partial charge >= 0.3 is 17.6 Å². The van der Waals surface area contributed by atoms with Crippen molar-refractivity contribution in [2.45, 2.75) is 46.1 Å². The van der Waals surface area contributed by atoms with Crippen LogP contribution in [0.5, 0.6) is 0 Å². The summed E-state index contributed by atoms with van der Waals surface area (Å²) in [6.07, 6.45) is -0.455. The fourth-order valence-electron chi connectivity index (χ4n) is 2.21. The molecule has 4 N–H and O–H groups in total. The molecule has 1 amide bonds. The van der Waals surface area contributed by atoms with Crippen LogP contribution in [-0.4, -0.2) is 74.0 Å². The summed E-state index contributed by atoms with van der Waals surface area (Å²) in [5.74, 6) is -2.89. The van der Waals surface area contributed by atoms with Crippen LogP contribution in [-0.2, 0) is 25.7 Å². The van der Waals surface area contributed by atoms with Crippen LogP contribution in [0.15, 0.2) is 15.8 Å². The Labute approximate surface area is 166 Å². The van der Waals surface area contributed by atoms with Crippen LogP contribution < -0.4 is 16.6 Å². The quantitative estimate of drug-likeness (QED) is 0.264. The predicted octanol–water partition coefficient (Wildman–Crippen LogP) is -1.99. The number of H-pyrrole nitrogens is 1. The van der Waals surface area contributed by atoms with Crippen LogP contribution in [0.3, 0.4) is 0 Å². The molecule has 1 aromatic rings. The smallest absolute Gasteiger partial charge is 0.350 e. The molecule has 0 saturated heterocycles. The van der Waals surface area contributed by atoms with Crippen molar-refractivity contribution in [3.05, 3.63) is 32.6 Å². The normalized spacial score (nSPS) is 12.3. The summed E-state index contributed by atoms with van der Waals surface area (Å²) in [7, 11) is 0. The first kappa shape index (κ1) is 24.0. The van der Waals surface area contributed by atoms with Crippen molar-refractivity contribution in [2.75, 3.05) is 19.6 Å². The summed E-state index contributed by atoms with van der Waals surface area (Å²) < 4.78 is 5.94. The minimum absolute atomic E-state index is 0.112. The van der Waals surface area contributed by atoms with Crippen molar-refractivity contribution < 1.29 is 29.3 Å². The summed E-state index contributed by atoms with van der Waals surface area (Å²) in [5.41, 5.74) is -1.97. The van der Waals surface area contributed by atoms with Gasteiger partial charge in [0.05, 0.1) is 0 Å². The number of hydrogen-bond acceptors (Lipinski definition) is 8. The molecule has 0 aromatic carbocycles. The summed E-state index contributed by atoms with van der Waals surface area (Å²) in [5, 5.41) is 21.2. The third kappa shape index (κ3) is 8.27. The van der Waals surface area contributed by atoms with Gasteiger partial charge in [0.15, 0.2) is 0 Å². The average molecular weight is 414 g/mol. The summed E-state index contributed by atoms with van der Waals surface area (Å²) in [6.45, 7) is 4.93. The van der Waals surface area contributed by atoms with Crippen LogP contribution in [0.2, 0.25) is 0 Å². The maximum absolute atomic E-state index is 12.4. The van der Waals surface area contributed by atoms with Crippen LogP contribution in [0.25, 0.3) is 0 Å². The molecule has 0 radical (unpaired) electrons. The third-order valence-corrected chi connectivity index (χ3v) is 3.52. The number of aliphatic hydroxyl groups excluding tert-OH is 1. The first-order chi connectivity index (χ1) is 13.3. The zero-order valence-electron chi connectivity index (χ0n) is 16.7. The van der Waals surface area contributed by atoms with E-state index in [0.29, 0.717) is 0 Å². The lowest BCUT2D eigenvalue weighted by molar-refractivity contribution is -0.167. The number of rotatable bonds is 9. The molecule has 162 valence electrons. The first-order valence-electron chi connectivity index (χ1n) is 8.74. The number of esters is 1. The van der Waals surface area contributed by atoms with Crippen molar-refractivity contribution in [2.24, 2.45) is 0 Å². The molecule has 1 heterocycles. The summed E-state index contributed by atoms with van der Waals surface area (Å²) in [4.78, 5) is 61.3. The Kier molecular flexibility index (Phi) is 8.28. The number of aromatic nitrogens is 2. The number of aromatic amines is 1. The number of aliphatic hydroxyl groups is 1. The second-order valence-electron chi connectivity index (χ2n) is 7.30. The number of amides is 1. The van der Waals surface area contributed by atoms with Gasteiger partial charge in [-0.25, -0.2) is 9.59 Å². The molecule has 0 fully saturated rings. The lowest BCUT2D eigenvalue weighted by atomic mass is 10.2. The molecule has 12 nitrogen and oxygen atoms in total. The number of aryl methyl sites for hydroxylation is 1. The van der Waals surface area contributed by atoms with Gasteiger partial charge in [-0.3, -0.25) is 29.3 Å². The van der Waals surface area contributed by atoms with E-state index in [9.17, 15) is 29.1 Å². The Morgan fingerprint density at radius 2 is 1.93 bits per heavy atom. The molecule has 1 aromatic heterocycles. The second kappa shape index (κ2) is 9.98. The predicted molar refractivity (Wildman–Crippen MR) is 100 cm³/mol. The number of carbonyl (C=O) groups excluding carboxylic acids is 2. The molecule has 0 bridgehead atoms. The maximum Gasteiger partial charge on any atom is 0.350 e. The van der Waals surface area contributed by atoms with E-state index in [1.807, 2.05) is 4.98 Å². The SMILES string of the molecule is Cc1cn(CC(=O)N(CCNC(O)C(=O)OC(C)(C)C)CC(=O)O)c(=O)[nH]c1=O. The van der Waals surface area contributed by atoms with E-state index in [2.05, 4.69) is 5.32 Å². The highest BCUT2D eigenvalue weighted by Gasteiger charge is 2.24. The van der Waals surface area contributed by atoms with Gasteiger partial charge in [0.25, 0.3) is 5.56 Å². The third-order valence-electron chi connectivity index (χ3n) is 3.52. The van der Waals surface area contributed by atoms with Crippen LogP contribution in [0, 0.1) is 6.92 Å². The Morgan fingerprint density at radius 1 is 1.31 bits per heavy atom. The van der Waals surface area contributed by atoms with Gasteiger partial charge in [-0.1, -0.05) is 0 Å². The molecule has 1 rings (SSSR count). The molecule has 29 heavy (non-hydrogen) atoms. The zero-order valence-corrected chi connectivity index (χ0v) is 16.7. The number of hydrogen-bond donors (Lipinski definition) is 4. The largest absolute Gasteiger partial charge is 0.480 e. The summed E-state index contributed by atoms with van der Waals surface area (Å²) in [6, 6.07) is 0. The highest BCUT2D eigenvalue weighted by atomic mass is 16.6. The Morgan fingerprint density at radius 3 is 2.48 bits per heavy atom. The van der Waals surface area contributed by atoms with Crippen molar-refractivity contribution in [1.29, 1.82) is 0 Å². The fourth-order valence-corrected chi connectivity index (χ4v) is 2.21. The lowest BCUT2D eigenvalue weighted by Gasteiger charge is -2.24. The van der Waals surface area contributed by atoms with Gasteiger partial charge in [0, 0.05) is 24.8 Å². The van der Waals surface area contributed by atoms with Crippen molar-refractivity contribution in [3.63, 3.8) is 0 Å². The first-order valence-corrected chi connectivity index (χ1v) is 8.74. The van der Waals surface area contributed by atoms with E-state index in [1.165, 1.54) is 13.1 Å². The van der Waals surface area contributed by atoms with Gasteiger partial charge in [0.1, 0.15) is 18.7 Å². The minimum Gasteiger partial charge on any atom is -0.480 e. The van der Waals surface area contributed by atoms with E-state index in [-0.39, 0.29) is 18.7 Å². The number of nitrogens with zero attached hydrogens (tertiary/aromatic N) is 2. The van der Waals surface area contributed by atoms with Crippen molar-refractivity contribution in [3.8, 4) is 0 Å². The van der Waals surface area contributed by atoms with Crippen LogP contribution in [0.4, 0.5) is 0 Å². The number of carboxylic acid groups (broad SMARTS) is 1. The van der Waals surface area contributed by atoms with E-state index >= 15 is 0 Å². The molecule has 1 atom stereocenters. The standard InChI is InChI=1S/C17H26N4O8/c1-10-7-21(16(28)19-13(10)25)8-11(22)20(9-12(23)24)6-5-18-14(26)15(27)29-17(2,3)4/h7,14,18,26H,5-6,8-9H2,1-4H3,(H,23,24)(H,19,25,28). The number of carbonyl (C=O) groups is 3. The average Bonchev–Trinajstić information content (AvgIpc) is 2.56. The zero-order chi connectivity index (χ0) is 22.4. The van der Waals surface area contributed by atoms with Gasteiger partial charge in [-0.2, -0.15) is 0 Å². The van der Waals surface area contributed by atoms with E-state index in [1.54, 1.807) is 20.8 Å². The number of nitrogens with one attached hydrogen (secondary N) is 2. The van der Waals surface area contributed by atoms with Crippen molar-refractivity contribution >= 4 is 17.8 Å². The highest BCUT2D eigenvalue weighted by molar-refractivity contribution is 5.81. The van der Waals surface area contributed by atoms with Crippen LogP contribution in [0.1, 0.15) is 26.3 Å². The molecular weight excluding hydrogens is 388 g/mol. The summed E-state index contributed by atoms with van der Waals surface area (Å²) >= 11 is 0. The van der Waals surface area contributed by atoms with Gasteiger partial charge in [0.2, 0.25) is 12.1 Å².